The molecule has 0 aromatic heterocycles. The predicted octanol–water partition coefficient (Wildman–Crippen LogP) is 2.53. The second-order valence-corrected chi connectivity index (χ2v) is 5.15. The summed E-state index contributed by atoms with van der Waals surface area (Å²) in [6, 6.07) is 5.27. The fourth-order valence-electron chi connectivity index (χ4n) is 1.45. The van der Waals surface area contributed by atoms with Crippen LogP contribution >= 0.6 is 15.9 Å². The first-order chi connectivity index (χ1) is 8.43. The van der Waals surface area contributed by atoms with E-state index in [2.05, 4.69) is 15.9 Å². The van der Waals surface area contributed by atoms with Gasteiger partial charge in [-0.2, -0.15) is 0 Å². The van der Waals surface area contributed by atoms with Crippen LogP contribution in [0.4, 0.5) is 5.69 Å². The molecular weight excluding hydrogens is 296 g/mol. The van der Waals surface area contributed by atoms with Gasteiger partial charge in [0.1, 0.15) is 0 Å². The Morgan fingerprint density at radius 2 is 2.17 bits per heavy atom. The number of hydrogen-bond acceptors (Lipinski definition) is 3. The van der Waals surface area contributed by atoms with E-state index >= 15 is 0 Å². The number of nitrogens with two attached hydrogens (primary N) is 1. The normalized spacial score (nSPS) is 10.7. The molecule has 0 heterocycles. The van der Waals surface area contributed by atoms with Gasteiger partial charge in [0.2, 0.25) is 0 Å². The van der Waals surface area contributed by atoms with E-state index in [-0.39, 0.29) is 12.0 Å². The van der Waals surface area contributed by atoms with E-state index in [1.165, 1.54) is 0 Å². The van der Waals surface area contributed by atoms with Crippen LogP contribution in [-0.2, 0) is 4.74 Å². The number of hydrogen-bond donors (Lipinski definition) is 1. The molecule has 1 amide bonds. The van der Waals surface area contributed by atoms with Crippen molar-refractivity contribution in [3.63, 3.8) is 0 Å². The van der Waals surface area contributed by atoms with Crippen LogP contribution in [0.15, 0.2) is 22.7 Å². The van der Waals surface area contributed by atoms with Gasteiger partial charge in [-0.05, 0) is 41.9 Å². The lowest BCUT2D eigenvalue weighted by Gasteiger charge is -2.19. The molecule has 1 aromatic carbocycles. The fraction of sp³-hybridized carbons (Fsp3) is 0.462. The number of amides is 1. The number of ether oxygens (including phenoxy) is 1. The average Bonchev–Trinajstić information content (AvgIpc) is 2.31. The van der Waals surface area contributed by atoms with Crippen LogP contribution in [0.5, 0.6) is 0 Å². The molecule has 0 bridgehead atoms. The Morgan fingerprint density at radius 3 is 2.78 bits per heavy atom. The minimum absolute atomic E-state index is 0.0680. The molecule has 0 saturated heterocycles. The van der Waals surface area contributed by atoms with Crippen LogP contribution in [0.2, 0.25) is 0 Å². The van der Waals surface area contributed by atoms with Crippen LogP contribution in [0.25, 0.3) is 0 Å². The van der Waals surface area contributed by atoms with Gasteiger partial charge in [0, 0.05) is 19.3 Å². The number of nitrogen functional groups attached to an aromatic ring is 1. The maximum atomic E-state index is 12.2. The van der Waals surface area contributed by atoms with Gasteiger partial charge in [-0.1, -0.05) is 6.07 Å². The Labute approximate surface area is 116 Å². The van der Waals surface area contributed by atoms with E-state index in [4.69, 9.17) is 10.5 Å². The van der Waals surface area contributed by atoms with E-state index in [1.54, 1.807) is 30.1 Å². The van der Waals surface area contributed by atoms with Crippen molar-refractivity contribution >= 4 is 27.5 Å². The van der Waals surface area contributed by atoms with Gasteiger partial charge in [-0.3, -0.25) is 4.79 Å². The Morgan fingerprint density at radius 1 is 1.50 bits per heavy atom. The highest BCUT2D eigenvalue weighted by Gasteiger charge is 2.15. The van der Waals surface area contributed by atoms with Gasteiger partial charge in [0.15, 0.2) is 0 Å². The first-order valence-electron chi connectivity index (χ1n) is 5.84. The molecule has 0 saturated carbocycles. The summed E-state index contributed by atoms with van der Waals surface area (Å²) in [7, 11) is 1.75. The first kappa shape index (κ1) is 15.0. The number of rotatable bonds is 5. The van der Waals surface area contributed by atoms with E-state index in [9.17, 15) is 4.79 Å². The van der Waals surface area contributed by atoms with E-state index in [0.717, 1.165) is 0 Å². The molecule has 0 aliphatic carbocycles. The van der Waals surface area contributed by atoms with Gasteiger partial charge in [-0.25, -0.2) is 0 Å². The largest absolute Gasteiger partial charge is 0.398 e. The Hall–Kier alpha value is -1.07. The summed E-state index contributed by atoms with van der Waals surface area (Å²) in [5, 5.41) is 0. The molecule has 1 rings (SSSR count). The van der Waals surface area contributed by atoms with Crippen molar-refractivity contribution in [2.75, 3.05) is 25.9 Å². The summed E-state index contributed by atoms with van der Waals surface area (Å²) in [4.78, 5) is 13.8. The topological polar surface area (TPSA) is 55.6 Å². The third-order valence-electron chi connectivity index (χ3n) is 2.48. The van der Waals surface area contributed by atoms with Crippen molar-refractivity contribution < 1.29 is 9.53 Å². The fourth-order valence-corrected chi connectivity index (χ4v) is 1.88. The summed E-state index contributed by atoms with van der Waals surface area (Å²) in [6.45, 7) is 5.02. The smallest absolute Gasteiger partial charge is 0.254 e. The predicted molar refractivity (Wildman–Crippen MR) is 76.6 cm³/mol. The molecule has 4 nitrogen and oxygen atoms in total. The second kappa shape index (κ2) is 6.75. The monoisotopic (exact) mass is 314 g/mol. The van der Waals surface area contributed by atoms with E-state index in [1.807, 2.05) is 13.8 Å². The number of anilines is 1. The number of halogens is 1. The molecule has 0 unspecified atom stereocenters. The number of likely N-dealkylation sites (N-methyl/N-ethyl adjacent to an activating group) is 1. The molecule has 2 N–H and O–H groups in total. The summed E-state index contributed by atoms with van der Waals surface area (Å²) in [5.74, 6) is -0.0680. The zero-order valence-corrected chi connectivity index (χ0v) is 12.5. The zero-order chi connectivity index (χ0) is 13.7. The van der Waals surface area contributed by atoms with Crippen LogP contribution in [0.1, 0.15) is 24.2 Å². The van der Waals surface area contributed by atoms with Gasteiger partial charge >= 0.3 is 0 Å². The first-order valence-corrected chi connectivity index (χ1v) is 6.63. The highest BCUT2D eigenvalue weighted by molar-refractivity contribution is 9.10. The molecule has 0 aliphatic rings. The summed E-state index contributed by atoms with van der Waals surface area (Å²) in [6.07, 6.45) is 0.174. The zero-order valence-electron chi connectivity index (χ0n) is 10.9. The molecule has 18 heavy (non-hydrogen) atoms. The Balaban J connectivity index is 2.66. The van der Waals surface area contributed by atoms with Crippen LogP contribution < -0.4 is 5.73 Å². The Bertz CT molecular complexity index is 421. The van der Waals surface area contributed by atoms with Crippen LogP contribution in [-0.4, -0.2) is 37.1 Å². The van der Waals surface area contributed by atoms with E-state index < -0.39 is 0 Å². The quantitative estimate of drug-likeness (QED) is 0.850. The minimum atomic E-state index is -0.0680. The maximum absolute atomic E-state index is 12.2. The van der Waals surface area contributed by atoms with Crippen molar-refractivity contribution in [3.8, 4) is 0 Å². The maximum Gasteiger partial charge on any atom is 0.254 e. The molecule has 100 valence electrons. The van der Waals surface area contributed by atoms with Gasteiger partial charge in [-0.15, -0.1) is 0 Å². The summed E-state index contributed by atoms with van der Waals surface area (Å²) >= 11 is 3.34. The Kier molecular flexibility index (Phi) is 5.62. The third kappa shape index (κ3) is 3.99. The lowest BCUT2D eigenvalue weighted by molar-refractivity contribution is 0.0531. The van der Waals surface area contributed by atoms with Crippen LogP contribution in [0, 0.1) is 0 Å². The number of nitrogens with zero attached hydrogens (tertiary/aromatic N) is 1. The summed E-state index contributed by atoms with van der Waals surface area (Å²) < 4.78 is 6.07. The number of carbonyl (C=O) groups is 1. The molecule has 0 radical (unpaired) electrons. The van der Waals surface area contributed by atoms with Crippen molar-refractivity contribution in [3.05, 3.63) is 28.2 Å². The molecule has 0 atom stereocenters. The van der Waals surface area contributed by atoms with Crippen molar-refractivity contribution in [1.82, 2.24) is 4.90 Å². The molecule has 5 heteroatoms. The van der Waals surface area contributed by atoms with Crippen LogP contribution in [0.3, 0.4) is 0 Å². The molecule has 0 spiro atoms. The molecule has 1 aromatic rings. The van der Waals surface area contributed by atoms with Crippen molar-refractivity contribution in [1.29, 1.82) is 0 Å². The van der Waals surface area contributed by atoms with Crippen molar-refractivity contribution in [2.45, 2.75) is 20.0 Å². The average molecular weight is 315 g/mol. The molecule has 0 aliphatic heterocycles. The van der Waals surface area contributed by atoms with Gasteiger partial charge in [0.05, 0.1) is 22.7 Å². The summed E-state index contributed by atoms with van der Waals surface area (Å²) in [5.41, 5.74) is 6.89. The van der Waals surface area contributed by atoms with Gasteiger partial charge in [0.25, 0.3) is 5.91 Å². The standard InChI is InChI=1S/C13H19BrN2O2/c1-9(2)18-8-7-16(3)13(17)10-5-4-6-11(15)12(10)14/h4-6,9H,7-8,15H2,1-3H3. The van der Waals surface area contributed by atoms with E-state index in [0.29, 0.717) is 28.9 Å². The third-order valence-corrected chi connectivity index (χ3v) is 3.37. The van der Waals surface area contributed by atoms with Gasteiger partial charge < -0.3 is 15.4 Å². The lowest BCUT2D eigenvalue weighted by Crippen LogP contribution is -2.31. The number of carbonyl (C=O) groups excluding carboxylic acids is 1. The van der Waals surface area contributed by atoms with Crippen molar-refractivity contribution in [2.24, 2.45) is 0 Å². The SMILES string of the molecule is CC(C)OCCN(C)C(=O)c1cccc(N)c1Br. The molecular formula is C13H19BrN2O2. The highest BCUT2D eigenvalue weighted by Crippen LogP contribution is 2.24. The molecule has 0 fully saturated rings. The highest BCUT2D eigenvalue weighted by atomic mass is 79.9. The lowest BCUT2D eigenvalue weighted by atomic mass is 10.2. The minimum Gasteiger partial charge on any atom is -0.398 e. The second-order valence-electron chi connectivity index (χ2n) is 4.36. The number of benzene rings is 1.